The van der Waals surface area contributed by atoms with Crippen LogP contribution >= 0.6 is 0 Å². The number of rotatable bonds is 0. The van der Waals surface area contributed by atoms with Gasteiger partial charge in [0.2, 0.25) is 0 Å². The third kappa shape index (κ3) is 3.61. The number of amides is 1. The van der Waals surface area contributed by atoms with Gasteiger partial charge in [-0.1, -0.05) is 0 Å². The van der Waals surface area contributed by atoms with Crippen molar-refractivity contribution in [1.82, 2.24) is 10.2 Å². The van der Waals surface area contributed by atoms with Gasteiger partial charge in [0.15, 0.2) is 0 Å². The molecule has 104 valence electrons. The van der Waals surface area contributed by atoms with Crippen LogP contribution in [0, 0.1) is 11.8 Å². The maximum absolute atomic E-state index is 12.1. The highest BCUT2D eigenvalue weighted by Crippen LogP contribution is 2.28. The quantitative estimate of drug-likeness (QED) is 0.721. The summed E-state index contributed by atoms with van der Waals surface area (Å²) in [5, 5.41) is 3.46. The van der Waals surface area contributed by atoms with Gasteiger partial charge in [0.25, 0.3) is 0 Å². The predicted octanol–water partition coefficient (Wildman–Crippen LogP) is 2.24. The first-order valence-corrected chi connectivity index (χ1v) is 7.14. The van der Waals surface area contributed by atoms with Crippen LogP contribution in [0.25, 0.3) is 0 Å². The fraction of sp³-hybridized carbons (Fsp3) is 0.929. The van der Waals surface area contributed by atoms with E-state index in [0.717, 1.165) is 38.5 Å². The molecule has 0 bridgehead atoms. The van der Waals surface area contributed by atoms with Crippen LogP contribution in [0.4, 0.5) is 4.79 Å². The summed E-state index contributed by atoms with van der Waals surface area (Å²) in [5.41, 5.74) is -0.392. The molecule has 2 heterocycles. The monoisotopic (exact) mass is 254 g/mol. The van der Waals surface area contributed by atoms with Crippen molar-refractivity contribution in [2.75, 3.05) is 26.2 Å². The minimum Gasteiger partial charge on any atom is -0.444 e. The van der Waals surface area contributed by atoms with Crippen molar-refractivity contribution in [2.24, 2.45) is 11.8 Å². The second-order valence-corrected chi connectivity index (χ2v) is 6.58. The van der Waals surface area contributed by atoms with E-state index in [2.05, 4.69) is 5.32 Å². The van der Waals surface area contributed by atoms with Gasteiger partial charge in [0, 0.05) is 13.1 Å². The third-order valence-electron chi connectivity index (χ3n) is 3.87. The summed E-state index contributed by atoms with van der Waals surface area (Å²) in [6.45, 7) is 9.71. The zero-order valence-electron chi connectivity index (χ0n) is 11.9. The van der Waals surface area contributed by atoms with Gasteiger partial charge in [-0.25, -0.2) is 4.79 Å². The van der Waals surface area contributed by atoms with E-state index in [9.17, 15) is 4.79 Å². The molecule has 0 saturated carbocycles. The summed E-state index contributed by atoms with van der Waals surface area (Å²) in [5.74, 6) is 1.40. The minimum atomic E-state index is -0.392. The second kappa shape index (κ2) is 5.47. The standard InChI is InChI=1S/C14H26N2O2/c1-14(2,3)18-13(17)16-8-4-5-11-9-15-7-6-12(11)10-16/h11-12,15H,4-10H2,1-3H3. The van der Waals surface area contributed by atoms with Crippen molar-refractivity contribution < 1.29 is 9.53 Å². The SMILES string of the molecule is CC(C)(C)OC(=O)N1CCCC2CNCCC2C1. The van der Waals surface area contributed by atoms with Crippen molar-refractivity contribution in [1.29, 1.82) is 0 Å². The van der Waals surface area contributed by atoms with Crippen LogP contribution in [-0.2, 0) is 4.74 Å². The normalized spacial score (nSPS) is 29.4. The van der Waals surface area contributed by atoms with Crippen LogP contribution in [0.2, 0.25) is 0 Å². The maximum atomic E-state index is 12.1. The lowest BCUT2D eigenvalue weighted by atomic mass is 9.84. The second-order valence-electron chi connectivity index (χ2n) is 6.58. The molecule has 2 atom stereocenters. The lowest BCUT2D eigenvalue weighted by Crippen LogP contribution is -2.43. The largest absolute Gasteiger partial charge is 0.444 e. The van der Waals surface area contributed by atoms with Gasteiger partial charge < -0.3 is 15.0 Å². The Labute approximate surface area is 110 Å². The Hall–Kier alpha value is -0.770. The Morgan fingerprint density at radius 2 is 2.06 bits per heavy atom. The number of nitrogens with one attached hydrogen (secondary N) is 1. The fourth-order valence-electron chi connectivity index (χ4n) is 2.97. The molecule has 0 aromatic heterocycles. The van der Waals surface area contributed by atoms with Crippen LogP contribution in [0.5, 0.6) is 0 Å². The van der Waals surface area contributed by atoms with Crippen molar-refractivity contribution in [3.05, 3.63) is 0 Å². The highest BCUT2D eigenvalue weighted by Gasteiger charge is 2.32. The number of piperidine rings is 1. The summed E-state index contributed by atoms with van der Waals surface area (Å²) < 4.78 is 5.48. The summed E-state index contributed by atoms with van der Waals surface area (Å²) in [6.07, 6.45) is 3.38. The number of carbonyl (C=O) groups is 1. The highest BCUT2D eigenvalue weighted by atomic mass is 16.6. The number of fused-ring (bicyclic) bond motifs is 1. The number of ether oxygens (including phenoxy) is 1. The Kier molecular flexibility index (Phi) is 4.15. The van der Waals surface area contributed by atoms with Crippen molar-refractivity contribution in [2.45, 2.75) is 45.6 Å². The molecule has 18 heavy (non-hydrogen) atoms. The summed E-state index contributed by atoms with van der Waals surface area (Å²) in [6, 6.07) is 0. The first-order chi connectivity index (χ1) is 8.46. The van der Waals surface area contributed by atoms with E-state index in [-0.39, 0.29) is 6.09 Å². The summed E-state index contributed by atoms with van der Waals surface area (Å²) >= 11 is 0. The number of likely N-dealkylation sites (tertiary alicyclic amines) is 1. The molecule has 2 rings (SSSR count). The molecule has 4 heteroatoms. The van der Waals surface area contributed by atoms with E-state index >= 15 is 0 Å². The molecular formula is C14H26N2O2. The highest BCUT2D eigenvalue weighted by molar-refractivity contribution is 5.68. The van der Waals surface area contributed by atoms with Crippen molar-refractivity contribution in [3.63, 3.8) is 0 Å². The molecular weight excluding hydrogens is 228 g/mol. The molecule has 0 radical (unpaired) electrons. The predicted molar refractivity (Wildman–Crippen MR) is 71.5 cm³/mol. The Balaban J connectivity index is 1.95. The summed E-state index contributed by atoms with van der Waals surface area (Å²) in [4.78, 5) is 14.0. The molecule has 1 N–H and O–H groups in total. The maximum Gasteiger partial charge on any atom is 0.410 e. The lowest BCUT2D eigenvalue weighted by Gasteiger charge is -2.33. The zero-order valence-corrected chi connectivity index (χ0v) is 11.9. The van der Waals surface area contributed by atoms with E-state index in [4.69, 9.17) is 4.74 Å². The molecule has 2 fully saturated rings. The summed E-state index contributed by atoms with van der Waals surface area (Å²) in [7, 11) is 0. The first-order valence-electron chi connectivity index (χ1n) is 7.14. The smallest absolute Gasteiger partial charge is 0.410 e. The van der Waals surface area contributed by atoms with Gasteiger partial charge in [-0.15, -0.1) is 0 Å². The molecule has 0 aliphatic carbocycles. The zero-order chi connectivity index (χ0) is 13.2. The number of nitrogens with zero attached hydrogens (tertiary/aromatic N) is 1. The minimum absolute atomic E-state index is 0.137. The Morgan fingerprint density at radius 3 is 2.78 bits per heavy atom. The third-order valence-corrected chi connectivity index (χ3v) is 3.87. The van der Waals surface area contributed by atoms with Gasteiger partial charge in [-0.05, 0) is 65.0 Å². The van der Waals surface area contributed by atoms with E-state index in [1.165, 1.54) is 12.8 Å². The topological polar surface area (TPSA) is 41.6 Å². The average Bonchev–Trinajstić information content (AvgIpc) is 2.48. The number of hydrogen-bond donors (Lipinski definition) is 1. The van der Waals surface area contributed by atoms with Gasteiger partial charge in [0.1, 0.15) is 5.60 Å². The molecule has 2 saturated heterocycles. The van der Waals surface area contributed by atoms with Crippen LogP contribution in [-0.4, -0.2) is 42.8 Å². The first kappa shape index (κ1) is 13.7. The van der Waals surface area contributed by atoms with Crippen molar-refractivity contribution in [3.8, 4) is 0 Å². The van der Waals surface area contributed by atoms with Gasteiger partial charge in [-0.2, -0.15) is 0 Å². The molecule has 1 amide bonds. The fourth-order valence-corrected chi connectivity index (χ4v) is 2.97. The molecule has 2 aliphatic heterocycles. The van der Waals surface area contributed by atoms with Crippen LogP contribution in [0.15, 0.2) is 0 Å². The van der Waals surface area contributed by atoms with E-state index in [1.54, 1.807) is 0 Å². The average molecular weight is 254 g/mol. The number of carbonyl (C=O) groups excluding carboxylic acids is 1. The van der Waals surface area contributed by atoms with E-state index < -0.39 is 5.60 Å². The van der Waals surface area contributed by atoms with Gasteiger partial charge in [-0.3, -0.25) is 0 Å². The molecule has 0 spiro atoms. The van der Waals surface area contributed by atoms with E-state index in [1.807, 2.05) is 25.7 Å². The van der Waals surface area contributed by atoms with Crippen LogP contribution in [0.3, 0.4) is 0 Å². The Morgan fingerprint density at radius 1 is 1.28 bits per heavy atom. The molecule has 0 aromatic carbocycles. The Bertz CT molecular complexity index is 299. The molecule has 0 aromatic rings. The molecule has 4 nitrogen and oxygen atoms in total. The molecule has 2 aliphatic rings. The van der Waals surface area contributed by atoms with Crippen LogP contribution < -0.4 is 5.32 Å². The van der Waals surface area contributed by atoms with E-state index in [0.29, 0.717) is 5.92 Å². The van der Waals surface area contributed by atoms with Gasteiger partial charge >= 0.3 is 6.09 Å². The van der Waals surface area contributed by atoms with Crippen LogP contribution in [0.1, 0.15) is 40.0 Å². The number of hydrogen-bond acceptors (Lipinski definition) is 3. The molecule has 2 unspecified atom stereocenters. The van der Waals surface area contributed by atoms with Crippen molar-refractivity contribution >= 4 is 6.09 Å². The van der Waals surface area contributed by atoms with Gasteiger partial charge in [0.05, 0.1) is 0 Å². The lowest BCUT2D eigenvalue weighted by molar-refractivity contribution is 0.0219.